The Kier molecular flexibility index (Phi) is 6.21. The zero-order chi connectivity index (χ0) is 23.4. The van der Waals surface area contributed by atoms with Crippen LogP contribution in [0.15, 0.2) is 69.9 Å². The molecule has 2 aromatic carbocycles. The number of rotatable bonds is 6. The van der Waals surface area contributed by atoms with Crippen LogP contribution in [0, 0.1) is 6.92 Å². The second kappa shape index (κ2) is 9.39. The first-order valence-electron chi connectivity index (χ1n) is 10.3. The number of fused-ring (bicyclic) bond motifs is 1. The van der Waals surface area contributed by atoms with E-state index >= 15 is 0 Å². The summed E-state index contributed by atoms with van der Waals surface area (Å²) in [7, 11) is 0. The fourth-order valence-corrected chi connectivity index (χ4v) is 3.22. The molecule has 0 atom stereocenters. The standard InChI is InChI=1S/C24H22N4O5/c1-3-28-24(31)19-7-5-4-6-18(19)21(27-28)23(30)26-25-22(29)20-13-12-17(33-20)14-32-16-10-8-15(2)9-11-16/h4-13H,3,14H2,1-2H3,(H,25,29)(H,26,30). The van der Waals surface area contributed by atoms with Crippen molar-refractivity contribution in [2.75, 3.05) is 0 Å². The molecule has 0 spiro atoms. The Labute approximate surface area is 188 Å². The first-order valence-corrected chi connectivity index (χ1v) is 10.3. The molecule has 2 amide bonds. The number of aryl methyl sites for hydroxylation is 2. The van der Waals surface area contributed by atoms with Crippen LogP contribution in [-0.2, 0) is 13.2 Å². The number of hydrogen-bond donors (Lipinski definition) is 2. The Bertz CT molecular complexity index is 1370. The lowest BCUT2D eigenvalue weighted by Crippen LogP contribution is -2.42. The van der Waals surface area contributed by atoms with Gasteiger partial charge in [0, 0.05) is 11.9 Å². The van der Waals surface area contributed by atoms with Crippen molar-refractivity contribution in [1.29, 1.82) is 0 Å². The number of carbonyl (C=O) groups is 2. The second-order valence-corrected chi connectivity index (χ2v) is 7.29. The number of benzene rings is 2. The fraction of sp³-hybridized carbons (Fsp3) is 0.167. The van der Waals surface area contributed by atoms with Gasteiger partial charge in [0.05, 0.1) is 5.39 Å². The predicted octanol–water partition coefficient (Wildman–Crippen LogP) is 2.97. The molecule has 0 saturated carbocycles. The van der Waals surface area contributed by atoms with Gasteiger partial charge in [0.2, 0.25) is 0 Å². The number of nitrogens with one attached hydrogen (secondary N) is 2. The van der Waals surface area contributed by atoms with Gasteiger partial charge in [0.15, 0.2) is 11.5 Å². The highest BCUT2D eigenvalue weighted by Crippen LogP contribution is 2.16. The van der Waals surface area contributed by atoms with Crippen molar-refractivity contribution in [3.63, 3.8) is 0 Å². The van der Waals surface area contributed by atoms with Crippen LogP contribution in [0.3, 0.4) is 0 Å². The first kappa shape index (κ1) is 21.8. The van der Waals surface area contributed by atoms with Crippen molar-refractivity contribution in [3.05, 3.63) is 93.8 Å². The quantitative estimate of drug-likeness (QED) is 0.440. The summed E-state index contributed by atoms with van der Waals surface area (Å²) in [5.41, 5.74) is 5.49. The lowest BCUT2D eigenvalue weighted by molar-refractivity contribution is 0.0826. The predicted molar refractivity (Wildman–Crippen MR) is 121 cm³/mol. The second-order valence-electron chi connectivity index (χ2n) is 7.29. The average molecular weight is 446 g/mol. The summed E-state index contributed by atoms with van der Waals surface area (Å²) in [6.45, 7) is 4.19. The van der Waals surface area contributed by atoms with Crippen LogP contribution in [0.5, 0.6) is 5.75 Å². The number of aromatic nitrogens is 2. The Morgan fingerprint density at radius 3 is 2.39 bits per heavy atom. The molecular weight excluding hydrogens is 424 g/mol. The van der Waals surface area contributed by atoms with Gasteiger partial charge < -0.3 is 9.15 Å². The average Bonchev–Trinajstić information content (AvgIpc) is 3.32. The van der Waals surface area contributed by atoms with Crippen LogP contribution < -0.4 is 21.1 Å². The summed E-state index contributed by atoms with van der Waals surface area (Å²) in [6, 6.07) is 17.4. The van der Waals surface area contributed by atoms with Crippen LogP contribution in [0.4, 0.5) is 0 Å². The summed E-state index contributed by atoms with van der Waals surface area (Å²) in [6.07, 6.45) is 0. The zero-order valence-corrected chi connectivity index (χ0v) is 18.1. The van der Waals surface area contributed by atoms with Gasteiger partial charge in [0.1, 0.15) is 18.1 Å². The molecule has 0 bridgehead atoms. The maximum atomic E-state index is 12.7. The molecule has 0 aliphatic heterocycles. The van der Waals surface area contributed by atoms with E-state index in [2.05, 4.69) is 16.0 Å². The Morgan fingerprint density at radius 2 is 1.67 bits per heavy atom. The third-order valence-electron chi connectivity index (χ3n) is 4.96. The normalized spacial score (nSPS) is 10.7. The highest BCUT2D eigenvalue weighted by Gasteiger charge is 2.18. The molecule has 9 nitrogen and oxygen atoms in total. The number of hydrazine groups is 1. The van der Waals surface area contributed by atoms with Crippen molar-refractivity contribution in [2.24, 2.45) is 0 Å². The van der Waals surface area contributed by atoms with E-state index in [9.17, 15) is 14.4 Å². The number of hydrogen-bond acceptors (Lipinski definition) is 6. The third-order valence-corrected chi connectivity index (χ3v) is 4.96. The minimum absolute atomic E-state index is 0.00847. The van der Waals surface area contributed by atoms with Gasteiger partial charge in [-0.15, -0.1) is 0 Å². The van der Waals surface area contributed by atoms with E-state index < -0.39 is 11.8 Å². The third kappa shape index (κ3) is 4.77. The molecule has 9 heteroatoms. The molecule has 33 heavy (non-hydrogen) atoms. The van der Waals surface area contributed by atoms with Crippen LogP contribution >= 0.6 is 0 Å². The summed E-state index contributed by atoms with van der Waals surface area (Å²) in [5.74, 6) is -0.151. The summed E-state index contributed by atoms with van der Waals surface area (Å²) in [4.78, 5) is 37.5. The first-order chi connectivity index (χ1) is 16.0. The molecule has 168 valence electrons. The SMILES string of the molecule is CCn1nc(C(=O)NNC(=O)c2ccc(COc3ccc(C)cc3)o2)c2ccccc2c1=O. The van der Waals surface area contributed by atoms with E-state index in [1.165, 1.54) is 10.7 Å². The maximum Gasteiger partial charge on any atom is 0.305 e. The Morgan fingerprint density at radius 1 is 0.970 bits per heavy atom. The van der Waals surface area contributed by atoms with Crippen molar-refractivity contribution in [3.8, 4) is 5.75 Å². The molecule has 2 aromatic heterocycles. The van der Waals surface area contributed by atoms with Gasteiger partial charge in [-0.25, -0.2) is 4.68 Å². The van der Waals surface area contributed by atoms with Gasteiger partial charge in [-0.05, 0) is 44.2 Å². The monoisotopic (exact) mass is 446 g/mol. The van der Waals surface area contributed by atoms with E-state index in [-0.39, 0.29) is 23.6 Å². The fourth-order valence-electron chi connectivity index (χ4n) is 3.22. The van der Waals surface area contributed by atoms with Gasteiger partial charge in [-0.1, -0.05) is 35.9 Å². The minimum atomic E-state index is -0.656. The molecule has 0 aliphatic rings. The molecule has 4 aromatic rings. The molecule has 0 unspecified atom stereocenters. The molecule has 4 rings (SSSR count). The topological polar surface area (TPSA) is 115 Å². The van der Waals surface area contributed by atoms with E-state index in [0.29, 0.717) is 28.8 Å². The van der Waals surface area contributed by atoms with Gasteiger partial charge in [-0.3, -0.25) is 25.2 Å². The largest absolute Gasteiger partial charge is 0.486 e. The highest BCUT2D eigenvalue weighted by molar-refractivity contribution is 6.05. The molecule has 2 heterocycles. The van der Waals surface area contributed by atoms with Crippen molar-refractivity contribution < 1.29 is 18.7 Å². The molecule has 2 N–H and O–H groups in total. The Hall–Kier alpha value is -4.40. The van der Waals surface area contributed by atoms with Crippen molar-refractivity contribution in [2.45, 2.75) is 27.0 Å². The van der Waals surface area contributed by atoms with Gasteiger partial charge in [-0.2, -0.15) is 5.10 Å². The summed E-state index contributed by atoms with van der Waals surface area (Å²) >= 11 is 0. The van der Waals surface area contributed by atoms with Gasteiger partial charge in [0.25, 0.3) is 11.5 Å². The molecule has 0 saturated heterocycles. The smallest absolute Gasteiger partial charge is 0.305 e. The lowest BCUT2D eigenvalue weighted by atomic mass is 10.1. The van der Waals surface area contributed by atoms with E-state index in [1.807, 2.05) is 31.2 Å². The van der Waals surface area contributed by atoms with E-state index in [1.54, 1.807) is 37.3 Å². The highest BCUT2D eigenvalue weighted by atomic mass is 16.5. The van der Waals surface area contributed by atoms with Crippen LogP contribution in [0.2, 0.25) is 0 Å². The van der Waals surface area contributed by atoms with Crippen LogP contribution in [0.25, 0.3) is 10.8 Å². The van der Waals surface area contributed by atoms with Crippen LogP contribution in [0.1, 0.15) is 39.3 Å². The minimum Gasteiger partial charge on any atom is -0.486 e. The Balaban J connectivity index is 1.41. The lowest BCUT2D eigenvalue weighted by Gasteiger charge is -2.10. The summed E-state index contributed by atoms with van der Waals surface area (Å²) in [5, 5.41) is 4.90. The molecule has 0 aliphatic carbocycles. The maximum absolute atomic E-state index is 12.7. The number of furan rings is 1. The number of nitrogens with zero attached hydrogens (tertiary/aromatic N) is 2. The zero-order valence-electron chi connectivity index (χ0n) is 18.1. The number of amides is 2. The number of ether oxygens (including phenoxy) is 1. The molecule has 0 fully saturated rings. The van der Waals surface area contributed by atoms with Crippen LogP contribution in [-0.4, -0.2) is 21.6 Å². The van der Waals surface area contributed by atoms with E-state index in [4.69, 9.17) is 9.15 Å². The van der Waals surface area contributed by atoms with E-state index in [0.717, 1.165) is 5.56 Å². The molecular formula is C24H22N4O5. The number of carbonyl (C=O) groups excluding carboxylic acids is 2. The molecule has 0 radical (unpaired) electrons. The van der Waals surface area contributed by atoms with Gasteiger partial charge >= 0.3 is 5.91 Å². The van der Waals surface area contributed by atoms with Crippen molar-refractivity contribution in [1.82, 2.24) is 20.6 Å². The van der Waals surface area contributed by atoms with Crippen molar-refractivity contribution >= 4 is 22.6 Å². The summed E-state index contributed by atoms with van der Waals surface area (Å²) < 4.78 is 12.3.